The molecule has 4 aromatic rings. The number of thioether (sulfide) groups is 1. The molecule has 10 heteroatoms. The van der Waals surface area contributed by atoms with Gasteiger partial charge >= 0.3 is 5.97 Å². The molecule has 0 radical (unpaired) electrons. The van der Waals surface area contributed by atoms with E-state index in [9.17, 15) is 9.59 Å². The minimum absolute atomic E-state index is 0.164. The van der Waals surface area contributed by atoms with Crippen LogP contribution in [0.1, 0.15) is 46.4 Å². The van der Waals surface area contributed by atoms with Gasteiger partial charge in [-0.1, -0.05) is 18.7 Å². The third-order valence-electron chi connectivity index (χ3n) is 5.74. The lowest BCUT2D eigenvalue weighted by Gasteiger charge is -2.11. The van der Waals surface area contributed by atoms with Crippen LogP contribution in [0.25, 0.3) is 15.9 Å². The maximum absolute atomic E-state index is 12.5. The highest BCUT2D eigenvalue weighted by molar-refractivity contribution is 7.99. The molecule has 0 atom stereocenters. The smallest absolute Gasteiger partial charge is 0.337 e. The van der Waals surface area contributed by atoms with E-state index in [2.05, 4.69) is 22.4 Å². The Kier molecular flexibility index (Phi) is 6.03. The summed E-state index contributed by atoms with van der Waals surface area (Å²) in [7, 11) is 1.33. The summed E-state index contributed by atoms with van der Waals surface area (Å²) < 4.78 is 6.70. The topological polar surface area (TPSA) is 98.5 Å². The fraction of sp³-hybridized carbons (Fsp3) is 0.348. The van der Waals surface area contributed by atoms with Gasteiger partial charge in [0.25, 0.3) is 0 Å². The first-order valence-electron chi connectivity index (χ1n) is 10.9. The molecular formula is C23H23N5O3S2. The molecular weight excluding hydrogens is 458 g/mol. The molecule has 8 nitrogen and oxygen atoms in total. The number of hydrogen-bond donors (Lipinski definition) is 1. The molecule has 1 N–H and O–H groups in total. The molecule has 3 heterocycles. The van der Waals surface area contributed by atoms with Crippen molar-refractivity contribution >= 4 is 56.5 Å². The molecule has 0 saturated carbocycles. The van der Waals surface area contributed by atoms with Gasteiger partial charge in [-0.15, -0.1) is 21.5 Å². The van der Waals surface area contributed by atoms with E-state index in [1.165, 1.54) is 42.2 Å². The van der Waals surface area contributed by atoms with Gasteiger partial charge in [0.1, 0.15) is 10.7 Å². The molecule has 0 bridgehead atoms. The van der Waals surface area contributed by atoms with Gasteiger partial charge in [-0.3, -0.25) is 9.20 Å². The lowest BCUT2D eigenvalue weighted by Crippen LogP contribution is -2.14. The number of anilines is 1. The van der Waals surface area contributed by atoms with E-state index in [4.69, 9.17) is 9.72 Å². The Labute approximate surface area is 198 Å². The number of nitrogens with zero attached hydrogens (tertiary/aromatic N) is 4. The van der Waals surface area contributed by atoms with Crippen molar-refractivity contribution in [1.82, 2.24) is 19.6 Å². The number of hydrogen-bond acceptors (Lipinski definition) is 8. The predicted octanol–water partition coefficient (Wildman–Crippen LogP) is 4.30. The third-order valence-corrected chi connectivity index (χ3v) is 7.85. The van der Waals surface area contributed by atoms with E-state index >= 15 is 0 Å². The Morgan fingerprint density at radius 1 is 1.18 bits per heavy atom. The molecule has 0 unspecified atom stereocenters. The van der Waals surface area contributed by atoms with Crippen LogP contribution >= 0.6 is 23.1 Å². The lowest BCUT2D eigenvalue weighted by molar-refractivity contribution is -0.113. The second-order valence-corrected chi connectivity index (χ2v) is 9.85. The van der Waals surface area contributed by atoms with Crippen LogP contribution in [0.4, 0.5) is 5.69 Å². The van der Waals surface area contributed by atoms with Crippen molar-refractivity contribution < 1.29 is 14.3 Å². The van der Waals surface area contributed by atoms with Crippen molar-refractivity contribution in [3.05, 3.63) is 46.1 Å². The second kappa shape index (κ2) is 9.11. The molecule has 1 aromatic carbocycles. The van der Waals surface area contributed by atoms with Gasteiger partial charge in [-0.05, 0) is 55.5 Å². The van der Waals surface area contributed by atoms with E-state index < -0.39 is 5.97 Å². The fourth-order valence-corrected chi connectivity index (χ4v) is 6.18. The second-order valence-electron chi connectivity index (χ2n) is 7.82. The number of nitrogens with one attached hydrogen (secondary N) is 1. The fourth-order valence-electron chi connectivity index (χ4n) is 4.16. The maximum Gasteiger partial charge on any atom is 0.337 e. The monoisotopic (exact) mass is 481 g/mol. The lowest BCUT2D eigenvalue weighted by atomic mass is 9.97. The minimum Gasteiger partial charge on any atom is -0.465 e. The average Bonchev–Trinajstić information content (AvgIpc) is 3.43. The van der Waals surface area contributed by atoms with E-state index in [1.807, 2.05) is 4.40 Å². The zero-order valence-electron chi connectivity index (χ0n) is 18.4. The Balaban J connectivity index is 1.37. The first-order chi connectivity index (χ1) is 16.1. The molecule has 3 aromatic heterocycles. The van der Waals surface area contributed by atoms with E-state index in [0.717, 1.165) is 41.0 Å². The van der Waals surface area contributed by atoms with Crippen LogP contribution in [0.2, 0.25) is 0 Å². The van der Waals surface area contributed by atoms with Crippen LogP contribution in [-0.4, -0.2) is 44.3 Å². The van der Waals surface area contributed by atoms with Crippen molar-refractivity contribution in [1.29, 1.82) is 0 Å². The zero-order chi connectivity index (χ0) is 22.9. The third kappa shape index (κ3) is 4.08. The summed E-state index contributed by atoms with van der Waals surface area (Å²) in [5, 5.41) is 13.6. The summed E-state index contributed by atoms with van der Waals surface area (Å²) in [4.78, 5) is 31.5. The number of carbonyl (C=O) groups is 2. The molecule has 5 rings (SSSR count). The highest BCUT2D eigenvalue weighted by atomic mass is 32.2. The van der Waals surface area contributed by atoms with E-state index in [-0.39, 0.29) is 11.7 Å². The Bertz CT molecular complexity index is 1360. The number of aromatic nitrogens is 4. The number of aryl methyl sites for hydroxylation is 3. The summed E-state index contributed by atoms with van der Waals surface area (Å²) in [6.45, 7) is 2.07. The van der Waals surface area contributed by atoms with Crippen molar-refractivity contribution in [2.75, 3.05) is 18.2 Å². The van der Waals surface area contributed by atoms with Gasteiger partial charge in [-0.2, -0.15) is 0 Å². The molecule has 0 fully saturated rings. The summed E-state index contributed by atoms with van der Waals surface area (Å²) in [5.41, 5.74) is 3.26. The highest BCUT2D eigenvalue weighted by Crippen LogP contribution is 2.38. The molecule has 1 aliphatic carbocycles. The molecule has 33 heavy (non-hydrogen) atoms. The molecule has 170 valence electrons. The molecule has 0 saturated heterocycles. The van der Waals surface area contributed by atoms with Gasteiger partial charge in [-0.25, -0.2) is 9.78 Å². The number of esters is 1. The van der Waals surface area contributed by atoms with Crippen LogP contribution in [-0.2, 0) is 28.8 Å². The Morgan fingerprint density at radius 3 is 2.73 bits per heavy atom. The maximum atomic E-state index is 12.5. The zero-order valence-corrected chi connectivity index (χ0v) is 20.0. The normalized spacial score (nSPS) is 13.3. The van der Waals surface area contributed by atoms with Crippen molar-refractivity contribution in [3.63, 3.8) is 0 Å². The van der Waals surface area contributed by atoms with Crippen LogP contribution in [0.3, 0.4) is 0 Å². The summed E-state index contributed by atoms with van der Waals surface area (Å²) in [6.07, 6.45) is 5.34. The van der Waals surface area contributed by atoms with Gasteiger partial charge < -0.3 is 10.1 Å². The summed E-state index contributed by atoms with van der Waals surface area (Å²) >= 11 is 3.13. The number of carbonyl (C=O) groups excluding carboxylic acids is 2. The van der Waals surface area contributed by atoms with Crippen LogP contribution in [0.5, 0.6) is 0 Å². The van der Waals surface area contributed by atoms with Gasteiger partial charge in [0, 0.05) is 17.0 Å². The quantitative estimate of drug-likeness (QED) is 0.324. The number of amides is 1. The van der Waals surface area contributed by atoms with Crippen molar-refractivity contribution in [2.45, 2.75) is 44.2 Å². The van der Waals surface area contributed by atoms with E-state index in [0.29, 0.717) is 16.4 Å². The van der Waals surface area contributed by atoms with Crippen LogP contribution in [0.15, 0.2) is 29.4 Å². The van der Waals surface area contributed by atoms with Gasteiger partial charge in [0.05, 0.1) is 23.8 Å². The Hall–Kier alpha value is -2.98. The van der Waals surface area contributed by atoms with Crippen LogP contribution in [0, 0.1) is 0 Å². The molecule has 0 aliphatic heterocycles. The van der Waals surface area contributed by atoms with Gasteiger partial charge in [0.2, 0.25) is 5.91 Å². The first-order valence-corrected chi connectivity index (χ1v) is 12.7. The number of fused-ring (bicyclic) bond motifs is 5. The van der Waals surface area contributed by atoms with Gasteiger partial charge in [0.15, 0.2) is 10.8 Å². The number of rotatable bonds is 6. The highest BCUT2D eigenvalue weighted by Gasteiger charge is 2.23. The number of methoxy groups -OCH3 is 1. The summed E-state index contributed by atoms with van der Waals surface area (Å²) in [6, 6.07) is 6.59. The van der Waals surface area contributed by atoms with Crippen molar-refractivity contribution in [2.24, 2.45) is 0 Å². The predicted molar refractivity (Wildman–Crippen MR) is 129 cm³/mol. The standard InChI is InChI=1S/C23H23N5O3S2/c1-3-17-25-21-19(15-6-4-5-7-16(15)33-21)20-26-27-23(28(17)20)32-12-18(29)24-14-10-8-13(9-11-14)22(30)31-2/h8-11H,3-7,12H2,1-2H3,(H,24,29). The molecule has 1 amide bonds. The van der Waals surface area contributed by atoms with Crippen molar-refractivity contribution in [3.8, 4) is 0 Å². The molecule has 0 spiro atoms. The molecule has 1 aliphatic rings. The summed E-state index contributed by atoms with van der Waals surface area (Å²) in [5.74, 6) is 0.510. The largest absolute Gasteiger partial charge is 0.465 e. The van der Waals surface area contributed by atoms with E-state index in [1.54, 1.807) is 35.6 Å². The SMILES string of the molecule is CCc1nc2sc3c(c2c2nnc(SCC(=O)Nc4ccc(C(=O)OC)cc4)n12)CCCC3. The number of ether oxygens (including phenoxy) is 1. The first kappa shape index (κ1) is 21.8. The average molecular weight is 482 g/mol. The minimum atomic E-state index is -0.413. The Morgan fingerprint density at radius 2 is 1.97 bits per heavy atom. The number of thiophene rings is 1. The van der Waals surface area contributed by atoms with Crippen LogP contribution < -0.4 is 5.32 Å². The number of benzene rings is 1.